The SMILES string of the molecule is CC(CC[C@@H](O)C(C)(C)O)C1[C@@H](O)CC2(C)C3CC(O)C4C(C)(C)[C@@H](OC5OC(CO)C(O)C(O)C5O)CC[C@@]45C[C@@]35CC[C@]12C. The van der Waals surface area contributed by atoms with Gasteiger partial charge in [-0.3, -0.25) is 0 Å². The van der Waals surface area contributed by atoms with Crippen molar-refractivity contribution >= 4 is 0 Å². The van der Waals surface area contributed by atoms with E-state index in [9.17, 15) is 40.9 Å². The van der Waals surface area contributed by atoms with Gasteiger partial charge in [-0.1, -0.05) is 34.6 Å². The number of aliphatic hydroxyl groups excluding tert-OH is 7. The van der Waals surface area contributed by atoms with Crippen molar-refractivity contribution in [1.82, 2.24) is 0 Å². The zero-order valence-electron chi connectivity index (χ0n) is 29.0. The summed E-state index contributed by atoms with van der Waals surface area (Å²) in [7, 11) is 0. The van der Waals surface area contributed by atoms with Gasteiger partial charge in [0.15, 0.2) is 6.29 Å². The van der Waals surface area contributed by atoms with Crippen LogP contribution >= 0.6 is 0 Å². The Morgan fingerprint density at radius 2 is 1.54 bits per heavy atom. The lowest BCUT2D eigenvalue weighted by Gasteiger charge is -2.64. The summed E-state index contributed by atoms with van der Waals surface area (Å²) in [6.45, 7) is 14.0. The molecule has 17 atom stereocenters. The Morgan fingerprint density at radius 1 is 0.870 bits per heavy atom. The molecule has 10 nitrogen and oxygen atoms in total. The minimum absolute atomic E-state index is 0.0304. The molecule has 5 aliphatic carbocycles. The predicted molar refractivity (Wildman–Crippen MR) is 169 cm³/mol. The lowest BCUT2D eigenvalue weighted by Crippen LogP contribution is -2.63. The van der Waals surface area contributed by atoms with E-state index in [0.29, 0.717) is 25.7 Å². The lowest BCUT2D eigenvalue weighted by molar-refractivity contribution is -0.329. The fraction of sp³-hybridized carbons (Fsp3) is 1.00. The van der Waals surface area contributed by atoms with Crippen LogP contribution in [0.25, 0.3) is 0 Å². The van der Waals surface area contributed by atoms with Crippen LogP contribution in [0.1, 0.15) is 106 Å². The summed E-state index contributed by atoms with van der Waals surface area (Å²) >= 11 is 0. The van der Waals surface area contributed by atoms with Crippen molar-refractivity contribution in [3.63, 3.8) is 0 Å². The molecule has 6 fully saturated rings. The fourth-order valence-electron chi connectivity index (χ4n) is 13.0. The van der Waals surface area contributed by atoms with Crippen LogP contribution in [0, 0.1) is 50.7 Å². The Balaban J connectivity index is 1.22. The van der Waals surface area contributed by atoms with E-state index in [1.165, 1.54) is 0 Å². The molecule has 0 aromatic heterocycles. The van der Waals surface area contributed by atoms with Gasteiger partial charge in [-0.15, -0.1) is 0 Å². The molecule has 0 radical (unpaired) electrons. The average Bonchev–Trinajstić information content (AvgIpc) is 3.55. The van der Waals surface area contributed by atoms with E-state index < -0.39 is 66.6 Å². The summed E-state index contributed by atoms with van der Waals surface area (Å²) in [4.78, 5) is 0. The number of hydrogen-bond acceptors (Lipinski definition) is 10. The first-order chi connectivity index (χ1) is 21.2. The van der Waals surface area contributed by atoms with Crippen LogP contribution in [0.15, 0.2) is 0 Å². The molecule has 1 aliphatic heterocycles. The summed E-state index contributed by atoms with van der Waals surface area (Å²) in [5.74, 6) is 0.499. The van der Waals surface area contributed by atoms with Gasteiger partial charge in [0.1, 0.15) is 24.4 Å². The van der Waals surface area contributed by atoms with Crippen LogP contribution < -0.4 is 0 Å². The van der Waals surface area contributed by atoms with Crippen molar-refractivity contribution in [3.8, 4) is 0 Å². The Morgan fingerprint density at radius 3 is 2.17 bits per heavy atom. The second-order valence-electron chi connectivity index (χ2n) is 18.4. The highest BCUT2D eigenvalue weighted by molar-refractivity contribution is 5.32. The summed E-state index contributed by atoms with van der Waals surface area (Å²) in [5, 5.41) is 85.7. The summed E-state index contributed by atoms with van der Waals surface area (Å²) in [6, 6.07) is 0. The van der Waals surface area contributed by atoms with Crippen LogP contribution in [0.2, 0.25) is 0 Å². The lowest BCUT2D eigenvalue weighted by atomic mass is 9.41. The van der Waals surface area contributed by atoms with Gasteiger partial charge in [0.05, 0.1) is 36.6 Å². The minimum Gasteiger partial charge on any atom is -0.394 e. The number of hydrogen-bond donors (Lipinski definition) is 8. The number of rotatable bonds is 8. The van der Waals surface area contributed by atoms with Gasteiger partial charge in [0, 0.05) is 0 Å². The van der Waals surface area contributed by atoms with Gasteiger partial charge in [-0.05, 0) is 122 Å². The molecule has 1 saturated heterocycles. The smallest absolute Gasteiger partial charge is 0.186 e. The molecule has 0 amide bonds. The van der Waals surface area contributed by atoms with Crippen LogP contribution in [0.3, 0.4) is 0 Å². The first kappa shape index (κ1) is 35.4. The molecule has 0 aromatic rings. The van der Waals surface area contributed by atoms with Crippen LogP contribution in [0.5, 0.6) is 0 Å². The maximum Gasteiger partial charge on any atom is 0.186 e. The van der Waals surface area contributed by atoms with Crippen LogP contribution in [-0.2, 0) is 9.47 Å². The van der Waals surface area contributed by atoms with Crippen molar-refractivity contribution in [3.05, 3.63) is 0 Å². The first-order valence-electron chi connectivity index (χ1n) is 17.9. The monoisotopic (exact) mass is 654 g/mol. The Kier molecular flexibility index (Phi) is 8.71. The molecule has 46 heavy (non-hydrogen) atoms. The molecule has 5 saturated carbocycles. The van der Waals surface area contributed by atoms with Gasteiger partial charge in [-0.2, -0.15) is 0 Å². The highest BCUT2D eigenvalue weighted by atomic mass is 16.7. The van der Waals surface area contributed by atoms with E-state index in [4.69, 9.17) is 9.47 Å². The second-order valence-corrected chi connectivity index (χ2v) is 18.4. The number of fused-ring (bicyclic) bond motifs is 2. The molecule has 8 N–H and O–H groups in total. The molecular weight excluding hydrogens is 592 g/mol. The minimum atomic E-state index is -1.50. The molecule has 0 bridgehead atoms. The quantitative estimate of drug-likeness (QED) is 0.181. The van der Waals surface area contributed by atoms with Gasteiger partial charge >= 0.3 is 0 Å². The predicted octanol–water partition coefficient (Wildman–Crippen LogP) is 2.10. The van der Waals surface area contributed by atoms with E-state index in [0.717, 1.165) is 32.1 Å². The third kappa shape index (κ3) is 4.78. The van der Waals surface area contributed by atoms with E-state index in [2.05, 4.69) is 34.6 Å². The van der Waals surface area contributed by atoms with Crippen molar-refractivity contribution in [2.24, 2.45) is 50.7 Å². The van der Waals surface area contributed by atoms with Crippen LogP contribution in [-0.4, -0.2) is 108 Å². The summed E-state index contributed by atoms with van der Waals surface area (Å²) in [6.07, 6.45) is -1.55. The van der Waals surface area contributed by atoms with E-state index in [-0.39, 0.29) is 51.4 Å². The van der Waals surface area contributed by atoms with E-state index >= 15 is 0 Å². The van der Waals surface area contributed by atoms with Gasteiger partial charge in [-0.25, -0.2) is 0 Å². The molecule has 1 heterocycles. The number of ether oxygens (including phenoxy) is 2. The zero-order chi connectivity index (χ0) is 34.0. The average molecular weight is 655 g/mol. The molecule has 0 aromatic carbocycles. The highest BCUT2D eigenvalue weighted by Crippen LogP contribution is 2.89. The standard InChI is InChI=1S/C36H62O10/c1-18(8-9-23(40)32(4,5)44)25-20(39)15-34(7)22-14-19(38)29-31(2,3)24(46-30-28(43)27(42)26(41)21(16-37)45-30)10-11-36(29)17-35(22,36)13-12-33(25,34)6/h18-30,37-44H,8-17H2,1-7H3/t18?,19?,20-,21?,22?,23+,24-,25?,26?,27?,28?,29?,30?,33+,34?,35-,36+/m0/s1. The van der Waals surface area contributed by atoms with Gasteiger partial charge in [0.2, 0.25) is 0 Å². The zero-order valence-corrected chi connectivity index (χ0v) is 29.0. The maximum atomic E-state index is 12.1. The summed E-state index contributed by atoms with van der Waals surface area (Å²) < 4.78 is 12.1. The van der Waals surface area contributed by atoms with Crippen molar-refractivity contribution in [2.75, 3.05) is 6.61 Å². The van der Waals surface area contributed by atoms with Crippen molar-refractivity contribution < 1.29 is 50.3 Å². The molecule has 10 heteroatoms. The topological polar surface area (TPSA) is 180 Å². The fourth-order valence-corrected chi connectivity index (χ4v) is 13.0. The first-order valence-corrected chi connectivity index (χ1v) is 17.9. The van der Waals surface area contributed by atoms with Crippen molar-refractivity contribution in [2.45, 2.75) is 167 Å². The molecule has 6 rings (SSSR count). The second kappa shape index (κ2) is 11.3. The molecule has 6 aliphatic rings. The highest BCUT2D eigenvalue weighted by Gasteiger charge is 2.84. The summed E-state index contributed by atoms with van der Waals surface area (Å²) in [5.41, 5.74) is -1.85. The van der Waals surface area contributed by atoms with Gasteiger partial charge in [0.25, 0.3) is 0 Å². The van der Waals surface area contributed by atoms with E-state index in [1.54, 1.807) is 13.8 Å². The Bertz CT molecular complexity index is 1140. The van der Waals surface area contributed by atoms with Gasteiger partial charge < -0.3 is 50.3 Å². The van der Waals surface area contributed by atoms with Crippen LogP contribution in [0.4, 0.5) is 0 Å². The van der Waals surface area contributed by atoms with Crippen molar-refractivity contribution in [1.29, 1.82) is 0 Å². The number of aliphatic hydroxyl groups is 8. The molecule has 11 unspecified atom stereocenters. The molecule has 266 valence electrons. The van der Waals surface area contributed by atoms with E-state index in [1.807, 2.05) is 0 Å². The Hall–Kier alpha value is -0.400. The molecule has 2 spiro atoms. The third-order valence-electron chi connectivity index (χ3n) is 15.5. The Labute approximate surface area is 274 Å². The largest absolute Gasteiger partial charge is 0.394 e. The molecular formula is C36H62O10. The maximum absolute atomic E-state index is 12.1. The third-order valence-corrected chi connectivity index (χ3v) is 15.5. The normalized spacial score (nSPS) is 54.2.